The molecule has 3 rings (SSSR count). The van der Waals surface area contributed by atoms with Gasteiger partial charge in [0.1, 0.15) is 0 Å². The van der Waals surface area contributed by atoms with Crippen molar-refractivity contribution in [3.63, 3.8) is 0 Å². The summed E-state index contributed by atoms with van der Waals surface area (Å²) < 4.78 is 7.84. The zero-order chi connectivity index (χ0) is 19.2. The molecule has 0 radical (unpaired) electrons. The van der Waals surface area contributed by atoms with Crippen LogP contribution in [0.5, 0.6) is 0 Å². The highest BCUT2D eigenvalue weighted by molar-refractivity contribution is 8.00. The lowest BCUT2D eigenvalue weighted by molar-refractivity contribution is -0.120. The average molecular weight is 407 g/mol. The Morgan fingerprint density at radius 3 is 2.93 bits per heavy atom. The summed E-state index contributed by atoms with van der Waals surface area (Å²) in [7, 11) is 0. The Morgan fingerprint density at radius 1 is 1.48 bits per heavy atom. The molecule has 1 aromatic heterocycles. The van der Waals surface area contributed by atoms with Crippen LogP contribution in [0.1, 0.15) is 19.8 Å². The normalized spacial score (nSPS) is 17.6. The largest absolute Gasteiger partial charge is 0.376 e. The molecular formula is C19H23ClN4O2S. The van der Waals surface area contributed by atoms with Crippen molar-refractivity contribution >= 4 is 29.3 Å². The van der Waals surface area contributed by atoms with Gasteiger partial charge in [-0.05, 0) is 44.0 Å². The van der Waals surface area contributed by atoms with E-state index in [9.17, 15) is 4.79 Å². The van der Waals surface area contributed by atoms with Gasteiger partial charge in [0, 0.05) is 23.7 Å². The zero-order valence-electron chi connectivity index (χ0n) is 15.2. The van der Waals surface area contributed by atoms with Gasteiger partial charge in [-0.2, -0.15) is 0 Å². The Kier molecular flexibility index (Phi) is 6.93. The monoisotopic (exact) mass is 406 g/mol. The van der Waals surface area contributed by atoms with Gasteiger partial charge in [-0.25, -0.2) is 0 Å². The molecule has 2 atom stereocenters. The predicted molar refractivity (Wildman–Crippen MR) is 108 cm³/mol. The molecule has 0 bridgehead atoms. The molecule has 144 valence electrons. The fourth-order valence-corrected chi connectivity index (χ4v) is 3.88. The molecule has 1 aliphatic heterocycles. The third-order valence-electron chi connectivity index (χ3n) is 4.30. The van der Waals surface area contributed by atoms with Crippen LogP contribution in [0.2, 0.25) is 5.02 Å². The number of rotatable bonds is 8. The third kappa shape index (κ3) is 5.12. The van der Waals surface area contributed by atoms with E-state index in [0.717, 1.165) is 30.8 Å². The third-order valence-corrected chi connectivity index (χ3v) is 5.63. The first-order valence-electron chi connectivity index (χ1n) is 8.94. The van der Waals surface area contributed by atoms with Crippen molar-refractivity contribution in [3.8, 4) is 11.4 Å². The first-order chi connectivity index (χ1) is 13.1. The number of ether oxygens (including phenoxy) is 1. The molecule has 0 spiro atoms. The lowest BCUT2D eigenvalue weighted by atomic mass is 10.2. The Hall–Kier alpha value is -1.83. The van der Waals surface area contributed by atoms with Gasteiger partial charge in [-0.1, -0.05) is 29.4 Å². The predicted octanol–water partition coefficient (Wildman–Crippen LogP) is 3.56. The van der Waals surface area contributed by atoms with Crippen LogP contribution < -0.4 is 5.32 Å². The summed E-state index contributed by atoms with van der Waals surface area (Å²) in [6.45, 7) is 7.37. The van der Waals surface area contributed by atoms with E-state index in [1.54, 1.807) is 6.08 Å². The highest BCUT2D eigenvalue weighted by Gasteiger charge is 2.24. The summed E-state index contributed by atoms with van der Waals surface area (Å²) in [5.41, 5.74) is 0.931. The number of aromatic nitrogens is 3. The summed E-state index contributed by atoms with van der Waals surface area (Å²) in [6.07, 6.45) is 3.87. The Labute approximate surface area is 168 Å². The second-order valence-corrected chi connectivity index (χ2v) is 8.10. The maximum absolute atomic E-state index is 12.2. The minimum Gasteiger partial charge on any atom is -0.376 e. The molecule has 2 heterocycles. The van der Waals surface area contributed by atoms with Crippen LogP contribution in [0.4, 0.5) is 0 Å². The fourth-order valence-electron chi connectivity index (χ4n) is 2.87. The second-order valence-electron chi connectivity index (χ2n) is 6.35. The molecule has 1 amide bonds. The van der Waals surface area contributed by atoms with Crippen LogP contribution in [0, 0.1) is 0 Å². The van der Waals surface area contributed by atoms with E-state index in [0.29, 0.717) is 23.3 Å². The summed E-state index contributed by atoms with van der Waals surface area (Å²) in [4.78, 5) is 12.2. The Balaban J connectivity index is 1.84. The van der Waals surface area contributed by atoms with Gasteiger partial charge >= 0.3 is 0 Å². The molecule has 1 fully saturated rings. The van der Waals surface area contributed by atoms with Crippen molar-refractivity contribution in [3.05, 3.63) is 41.9 Å². The van der Waals surface area contributed by atoms with Crippen LogP contribution in [0.25, 0.3) is 11.4 Å². The molecule has 6 nitrogen and oxygen atoms in total. The minimum absolute atomic E-state index is 0.0559. The summed E-state index contributed by atoms with van der Waals surface area (Å²) in [5.74, 6) is 0.697. The summed E-state index contributed by atoms with van der Waals surface area (Å²) >= 11 is 7.40. The van der Waals surface area contributed by atoms with Crippen molar-refractivity contribution in [2.45, 2.75) is 42.8 Å². The first kappa shape index (κ1) is 19.9. The lowest BCUT2D eigenvalue weighted by Gasteiger charge is -2.16. The highest BCUT2D eigenvalue weighted by Crippen LogP contribution is 2.29. The Morgan fingerprint density at radius 2 is 2.26 bits per heavy atom. The topological polar surface area (TPSA) is 69.0 Å². The van der Waals surface area contributed by atoms with Gasteiger partial charge in [-0.15, -0.1) is 16.8 Å². The van der Waals surface area contributed by atoms with E-state index < -0.39 is 0 Å². The summed E-state index contributed by atoms with van der Waals surface area (Å²) in [5, 5.41) is 12.6. The van der Waals surface area contributed by atoms with E-state index in [2.05, 4.69) is 22.1 Å². The number of halogens is 1. The second kappa shape index (κ2) is 9.39. The maximum atomic E-state index is 12.2. The van der Waals surface area contributed by atoms with E-state index in [1.165, 1.54) is 11.8 Å². The minimum atomic E-state index is -0.296. The van der Waals surface area contributed by atoms with Gasteiger partial charge in [-0.3, -0.25) is 9.36 Å². The van der Waals surface area contributed by atoms with Crippen molar-refractivity contribution in [2.75, 3.05) is 13.2 Å². The van der Waals surface area contributed by atoms with Crippen LogP contribution in [-0.4, -0.2) is 45.2 Å². The number of thioether (sulfide) groups is 1. The number of carbonyl (C=O) groups is 1. The van der Waals surface area contributed by atoms with E-state index in [1.807, 2.05) is 35.8 Å². The number of amides is 1. The number of nitrogens with one attached hydrogen (secondary N) is 1. The van der Waals surface area contributed by atoms with Gasteiger partial charge in [0.05, 0.1) is 17.9 Å². The number of hydrogen-bond donors (Lipinski definition) is 1. The maximum Gasteiger partial charge on any atom is 0.233 e. The smallest absolute Gasteiger partial charge is 0.233 e. The molecule has 2 aromatic rings. The fraction of sp³-hybridized carbons (Fsp3) is 0.421. The lowest BCUT2D eigenvalue weighted by Crippen LogP contribution is -2.31. The van der Waals surface area contributed by atoms with Crippen LogP contribution in [0.15, 0.2) is 42.1 Å². The van der Waals surface area contributed by atoms with Crippen LogP contribution in [0.3, 0.4) is 0 Å². The molecule has 8 heteroatoms. The van der Waals surface area contributed by atoms with Crippen molar-refractivity contribution in [1.29, 1.82) is 0 Å². The van der Waals surface area contributed by atoms with Gasteiger partial charge in [0.2, 0.25) is 5.91 Å². The number of nitrogens with zero attached hydrogens (tertiary/aromatic N) is 3. The molecular weight excluding hydrogens is 384 g/mol. The van der Waals surface area contributed by atoms with Crippen LogP contribution >= 0.6 is 23.4 Å². The van der Waals surface area contributed by atoms with Crippen molar-refractivity contribution in [1.82, 2.24) is 20.1 Å². The SMILES string of the molecule is C=CCNC(=O)[C@@H](C)Sc1nnc(-c2ccc(Cl)cc2)n1C[C@@H]1CCCO1. The molecule has 1 N–H and O–H groups in total. The summed E-state index contributed by atoms with van der Waals surface area (Å²) in [6, 6.07) is 7.51. The van der Waals surface area contributed by atoms with E-state index in [4.69, 9.17) is 16.3 Å². The quantitative estimate of drug-likeness (QED) is 0.536. The van der Waals surface area contributed by atoms with Crippen molar-refractivity contribution in [2.24, 2.45) is 0 Å². The van der Waals surface area contributed by atoms with Crippen molar-refractivity contribution < 1.29 is 9.53 Å². The molecule has 0 unspecified atom stereocenters. The van der Waals surface area contributed by atoms with Gasteiger partial charge in [0.15, 0.2) is 11.0 Å². The molecule has 1 saturated heterocycles. The van der Waals surface area contributed by atoms with E-state index in [-0.39, 0.29) is 17.3 Å². The van der Waals surface area contributed by atoms with Gasteiger partial charge < -0.3 is 10.1 Å². The molecule has 1 aromatic carbocycles. The zero-order valence-corrected chi connectivity index (χ0v) is 16.8. The number of benzene rings is 1. The molecule has 1 aliphatic rings. The molecule has 27 heavy (non-hydrogen) atoms. The van der Waals surface area contributed by atoms with E-state index >= 15 is 0 Å². The first-order valence-corrected chi connectivity index (χ1v) is 10.2. The van der Waals surface area contributed by atoms with Gasteiger partial charge in [0.25, 0.3) is 0 Å². The molecule has 0 saturated carbocycles. The average Bonchev–Trinajstić information content (AvgIpc) is 3.31. The Bertz CT molecular complexity index is 788. The highest BCUT2D eigenvalue weighted by atomic mass is 35.5. The molecule has 0 aliphatic carbocycles. The number of carbonyl (C=O) groups excluding carboxylic acids is 1. The number of hydrogen-bond acceptors (Lipinski definition) is 5. The van der Waals surface area contributed by atoms with Crippen LogP contribution in [-0.2, 0) is 16.1 Å². The standard InChI is InChI=1S/C19H23ClN4O2S/c1-3-10-21-18(25)13(2)27-19-23-22-17(14-6-8-15(20)9-7-14)24(19)12-16-5-4-11-26-16/h3,6-9,13,16H,1,4-5,10-12H2,2H3,(H,21,25)/t13-,16+/m1/s1.